The summed E-state index contributed by atoms with van der Waals surface area (Å²) >= 11 is 0. The molecule has 0 radical (unpaired) electrons. The Kier molecular flexibility index (Phi) is 3.70. The van der Waals surface area contributed by atoms with Gasteiger partial charge < -0.3 is 19.9 Å². The number of fused-ring (bicyclic) bond motifs is 1. The Hall–Kier alpha value is -2.98. The highest BCUT2D eigenvalue weighted by atomic mass is 16.3. The van der Waals surface area contributed by atoms with E-state index in [9.17, 15) is 15.3 Å². The highest BCUT2D eigenvalue weighted by Crippen LogP contribution is 2.39. The lowest BCUT2D eigenvalue weighted by molar-refractivity contribution is 0.143. The van der Waals surface area contributed by atoms with Crippen LogP contribution in [0.4, 0.5) is 0 Å². The average molecular weight is 326 g/mol. The number of aliphatic hydroxyl groups is 1. The maximum Gasteiger partial charge on any atom is 0.242 e. The molecule has 7 nitrogen and oxygen atoms in total. The second kappa shape index (κ2) is 5.58. The zero-order chi connectivity index (χ0) is 17.5. The van der Waals surface area contributed by atoms with E-state index in [-0.39, 0.29) is 17.3 Å². The van der Waals surface area contributed by atoms with E-state index in [1.54, 1.807) is 26.1 Å². The molecule has 0 amide bonds. The summed E-state index contributed by atoms with van der Waals surface area (Å²) in [6.07, 6.45) is 3.51. The van der Waals surface area contributed by atoms with Crippen LogP contribution < -0.4 is 0 Å². The van der Waals surface area contributed by atoms with Crippen molar-refractivity contribution >= 4 is 10.9 Å². The smallest absolute Gasteiger partial charge is 0.242 e. The monoisotopic (exact) mass is 326 g/mol. The molecule has 3 heterocycles. The van der Waals surface area contributed by atoms with E-state index in [4.69, 9.17) is 0 Å². The fourth-order valence-corrected chi connectivity index (χ4v) is 2.51. The molecule has 3 rings (SSSR count). The molecule has 3 aromatic rings. The third-order valence-corrected chi connectivity index (χ3v) is 3.60. The molecule has 0 aromatic carbocycles. The Balaban J connectivity index is 2.24. The summed E-state index contributed by atoms with van der Waals surface area (Å²) < 4.78 is 1.96. The molecule has 0 bridgehead atoms. The highest BCUT2D eigenvalue weighted by Gasteiger charge is 2.20. The Labute approximate surface area is 138 Å². The van der Waals surface area contributed by atoms with Crippen molar-refractivity contribution in [1.82, 2.24) is 19.7 Å². The van der Waals surface area contributed by atoms with Crippen LogP contribution in [0.2, 0.25) is 0 Å². The van der Waals surface area contributed by atoms with Crippen molar-refractivity contribution < 1.29 is 15.3 Å². The largest absolute Gasteiger partial charge is 0.493 e. The lowest BCUT2D eigenvalue weighted by atomic mass is 10.1. The summed E-state index contributed by atoms with van der Waals surface area (Å²) in [4.78, 5) is 4.30. The number of aromatic amines is 1. The lowest BCUT2D eigenvalue weighted by Crippen LogP contribution is -2.14. The first-order valence-electron chi connectivity index (χ1n) is 7.51. The van der Waals surface area contributed by atoms with E-state index in [0.717, 1.165) is 10.9 Å². The molecule has 0 aliphatic heterocycles. The molecule has 124 valence electrons. The number of aromatic hydroxyl groups is 2. The fourth-order valence-electron chi connectivity index (χ4n) is 2.51. The van der Waals surface area contributed by atoms with Gasteiger partial charge in [-0.1, -0.05) is 5.92 Å². The molecule has 0 saturated carbocycles. The summed E-state index contributed by atoms with van der Waals surface area (Å²) in [6.45, 7) is 5.88. The minimum atomic E-state index is -1.12. The number of hydrogen-bond acceptors (Lipinski definition) is 5. The molecule has 0 aliphatic carbocycles. The van der Waals surface area contributed by atoms with Crippen molar-refractivity contribution in [1.29, 1.82) is 0 Å². The first kappa shape index (κ1) is 15.9. The van der Waals surface area contributed by atoms with Crippen LogP contribution in [0.1, 0.15) is 26.5 Å². The first-order valence-corrected chi connectivity index (χ1v) is 7.51. The van der Waals surface area contributed by atoms with Crippen LogP contribution in [0.25, 0.3) is 22.0 Å². The van der Waals surface area contributed by atoms with Gasteiger partial charge in [-0.3, -0.25) is 0 Å². The number of nitrogens with one attached hydrogen (secondary N) is 1. The number of pyridine rings is 1. The van der Waals surface area contributed by atoms with Gasteiger partial charge >= 0.3 is 0 Å². The molecule has 0 saturated heterocycles. The molecule has 0 fully saturated rings. The first-order chi connectivity index (χ1) is 11.3. The van der Waals surface area contributed by atoms with Crippen molar-refractivity contribution in [2.24, 2.45) is 0 Å². The number of hydrogen-bond donors (Lipinski definition) is 4. The number of aryl methyl sites for hydroxylation is 1. The normalized spacial score (nSPS) is 11.5. The van der Waals surface area contributed by atoms with Gasteiger partial charge in [0.1, 0.15) is 16.9 Å². The summed E-state index contributed by atoms with van der Waals surface area (Å²) in [5, 5.41) is 36.3. The molecular formula is C17H18N4O3. The third kappa shape index (κ3) is 2.79. The van der Waals surface area contributed by atoms with Crippen molar-refractivity contribution in [3.63, 3.8) is 0 Å². The van der Waals surface area contributed by atoms with E-state index in [1.807, 2.05) is 17.7 Å². The number of nitrogens with zero attached hydrogens (tertiary/aromatic N) is 3. The minimum Gasteiger partial charge on any atom is -0.493 e. The van der Waals surface area contributed by atoms with Gasteiger partial charge in [0.05, 0.1) is 11.7 Å². The van der Waals surface area contributed by atoms with E-state index < -0.39 is 5.60 Å². The zero-order valence-corrected chi connectivity index (χ0v) is 13.6. The average Bonchev–Trinajstić information content (AvgIpc) is 3.04. The maximum atomic E-state index is 9.94. The van der Waals surface area contributed by atoms with E-state index in [0.29, 0.717) is 17.8 Å². The van der Waals surface area contributed by atoms with Gasteiger partial charge in [-0.25, -0.2) is 10.1 Å². The van der Waals surface area contributed by atoms with Crippen molar-refractivity contribution in [2.75, 3.05) is 0 Å². The quantitative estimate of drug-likeness (QED) is 0.539. The van der Waals surface area contributed by atoms with Crippen LogP contribution in [0.3, 0.4) is 0 Å². The standard InChI is InChI=1S/C17H18N4O3/c1-4-21-9-12(14-15(22)19-20-16(14)23)11-7-10(18-8-13(11)21)5-6-17(2,3)24/h7-9,24H,4H2,1-3H3,(H3,19,20,22,23). The van der Waals surface area contributed by atoms with Crippen LogP contribution in [-0.2, 0) is 6.54 Å². The predicted molar refractivity (Wildman–Crippen MR) is 89.5 cm³/mol. The molecule has 4 N–H and O–H groups in total. The summed E-state index contributed by atoms with van der Waals surface area (Å²) in [7, 11) is 0. The minimum absolute atomic E-state index is 0.205. The molecule has 0 spiro atoms. The van der Waals surface area contributed by atoms with Gasteiger partial charge in [0, 0.05) is 23.7 Å². The Bertz CT molecular complexity index is 948. The van der Waals surface area contributed by atoms with Gasteiger partial charge in [-0.15, -0.1) is 5.10 Å². The Morgan fingerprint density at radius 3 is 2.67 bits per heavy atom. The molecule has 24 heavy (non-hydrogen) atoms. The number of aromatic nitrogens is 4. The van der Waals surface area contributed by atoms with Gasteiger partial charge in [-0.2, -0.15) is 0 Å². The number of H-pyrrole nitrogens is 1. The van der Waals surface area contributed by atoms with Gasteiger partial charge in [0.25, 0.3) is 0 Å². The topological polar surface area (TPSA) is 107 Å². The van der Waals surface area contributed by atoms with Crippen molar-refractivity contribution in [2.45, 2.75) is 32.9 Å². The van der Waals surface area contributed by atoms with Gasteiger partial charge in [0.15, 0.2) is 0 Å². The zero-order valence-electron chi connectivity index (χ0n) is 13.6. The summed E-state index contributed by atoms with van der Waals surface area (Å²) in [6, 6.07) is 1.77. The molecule has 7 heteroatoms. The summed E-state index contributed by atoms with van der Waals surface area (Å²) in [5.41, 5.74) is 1.09. The maximum absolute atomic E-state index is 9.94. The van der Waals surface area contributed by atoms with Crippen LogP contribution in [-0.4, -0.2) is 40.7 Å². The van der Waals surface area contributed by atoms with Gasteiger partial charge in [0.2, 0.25) is 11.8 Å². The molecular weight excluding hydrogens is 308 g/mol. The lowest BCUT2D eigenvalue weighted by Gasteiger charge is -2.06. The fraction of sp³-hybridized carbons (Fsp3) is 0.294. The van der Waals surface area contributed by atoms with Gasteiger partial charge in [-0.05, 0) is 32.8 Å². The van der Waals surface area contributed by atoms with E-state index in [1.165, 1.54) is 0 Å². The molecule has 0 aliphatic rings. The van der Waals surface area contributed by atoms with Crippen LogP contribution in [0, 0.1) is 11.8 Å². The summed E-state index contributed by atoms with van der Waals surface area (Å²) in [5.74, 6) is 5.08. The van der Waals surface area contributed by atoms with E-state index in [2.05, 4.69) is 27.0 Å². The van der Waals surface area contributed by atoms with Crippen molar-refractivity contribution in [3.8, 4) is 34.7 Å². The van der Waals surface area contributed by atoms with E-state index >= 15 is 0 Å². The second-order valence-electron chi connectivity index (χ2n) is 6.00. The Morgan fingerprint density at radius 1 is 1.33 bits per heavy atom. The third-order valence-electron chi connectivity index (χ3n) is 3.60. The SMILES string of the molecule is CCn1cc(-c2c(O)n[nH]c2O)c2cc(C#CC(C)(C)O)ncc21. The van der Waals surface area contributed by atoms with Crippen LogP contribution >= 0.6 is 0 Å². The highest BCUT2D eigenvalue weighted by molar-refractivity contribution is 5.98. The van der Waals surface area contributed by atoms with Crippen molar-refractivity contribution in [3.05, 3.63) is 24.2 Å². The second-order valence-corrected chi connectivity index (χ2v) is 6.00. The van der Waals surface area contributed by atoms with Crippen LogP contribution in [0.5, 0.6) is 11.8 Å². The predicted octanol–water partition coefficient (Wildman–Crippen LogP) is 1.98. The Morgan fingerprint density at radius 2 is 2.08 bits per heavy atom. The molecule has 0 unspecified atom stereocenters. The molecule has 0 atom stereocenters. The van der Waals surface area contributed by atoms with Crippen LogP contribution in [0.15, 0.2) is 18.5 Å². The number of rotatable bonds is 2. The molecule has 3 aromatic heterocycles.